The first-order valence-electron chi connectivity index (χ1n) is 18.5. The van der Waals surface area contributed by atoms with Crippen molar-refractivity contribution in [3.05, 3.63) is 97.1 Å². The van der Waals surface area contributed by atoms with Gasteiger partial charge in [0.15, 0.2) is 0 Å². The molecule has 0 saturated carbocycles. The first kappa shape index (κ1) is 38.9. The topological polar surface area (TPSA) is 145 Å². The maximum atomic E-state index is 5.61. The van der Waals surface area contributed by atoms with E-state index in [2.05, 4.69) is 19.2 Å². The van der Waals surface area contributed by atoms with Gasteiger partial charge >= 0.3 is 17.1 Å². The van der Waals surface area contributed by atoms with Crippen LogP contribution in [0.4, 0.5) is 0 Å². The molecule has 5 heterocycles. The van der Waals surface area contributed by atoms with E-state index >= 15 is 0 Å². The summed E-state index contributed by atoms with van der Waals surface area (Å²) in [6.45, 7) is 9.82. The fourth-order valence-electron chi connectivity index (χ4n) is 6.61. The Bertz CT molecular complexity index is 2320. The Kier molecular flexibility index (Phi) is 12.2. The van der Waals surface area contributed by atoms with E-state index in [9.17, 15) is 0 Å². The zero-order chi connectivity index (χ0) is 37.7. The predicted octanol–water partition coefficient (Wildman–Crippen LogP) is 7.18. The molecule has 13 heteroatoms. The molecule has 2 unspecified atom stereocenters. The number of nitrogens with zero attached hydrogens (tertiary/aromatic N) is 8. The van der Waals surface area contributed by atoms with E-state index < -0.39 is 0 Å². The summed E-state index contributed by atoms with van der Waals surface area (Å²) in [4.78, 5) is 39.3. The second kappa shape index (κ2) is 17.6. The van der Waals surface area contributed by atoms with Crippen molar-refractivity contribution in [1.82, 2.24) is 45.2 Å². The van der Waals surface area contributed by atoms with Crippen molar-refractivity contribution in [2.75, 3.05) is 40.1 Å². The maximum absolute atomic E-state index is 5.61. The number of hydrogen-bond donors (Lipinski definition) is 1. The van der Waals surface area contributed by atoms with Crippen LogP contribution in [0.25, 0.3) is 89.7 Å². The zero-order valence-electron chi connectivity index (χ0n) is 31.5. The van der Waals surface area contributed by atoms with Gasteiger partial charge in [0.05, 0.1) is 55.8 Å². The quantitative estimate of drug-likeness (QED) is 0.111. The summed E-state index contributed by atoms with van der Waals surface area (Å²) >= 11 is 0. The van der Waals surface area contributed by atoms with Gasteiger partial charge in [-0.15, -0.1) is 0 Å². The number of rotatable bonds is 10. The molecule has 4 aromatic carbocycles. The van der Waals surface area contributed by atoms with E-state index in [-0.39, 0.29) is 23.2 Å². The number of nitrogens with one attached hydrogen (secondary N) is 1. The molecule has 0 amide bonds. The minimum atomic E-state index is 0. The average molecular weight is 795 g/mol. The second-order valence-corrected chi connectivity index (χ2v) is 13.3. The monoisotopic (exact) mass is 794 g/mol. The van der Waals surface area contributed by atoms with Gasteiger partial charge in [-0.2, -0.15) is 0 Å². The predicted molar refractivity (Wildman–Crippen MR) is 215 cm³/mol. The molecule has 9 rings (SSSR count). The van der Waals surface area contributed by atoms with Crippen LogP contribution >= 0.6 is 0 Å². The third-order valence-corrected chi connectivity index (χ3v) is 9.30. The Labute approximate surface area is 335 Å². The summed E-state index contributed by atoms with van der Waals surface area (Å²) in [6.07, 6.45) is 0.142. The van der Waals surface area contributed by atoms with E-state index in [4.69, 9.17) is 54.1 Å². The molecule has 2 aliphatic rings. The van der Waals surface area contributed by atoms with Crippen molar-refractivity contribution >= 4 is 44.1 Å². The summed E-state index contributed by atoms with van der Waals surface area (Å²) in [5.41, 5.74) is 5.78. The van der Waals surface area contributed by atoms with Gasteiger partial charge in [-0.25, -0.2) is 9.97 Å². The molecule has 0 spiro atoms. The summed E-state index contributed by atoms with van der Waals surface area (Å²) < 4.78 is 15.8. The Morgan fingerprint density at radius 2 is 0.911 bits per heavy atom. The molecule has 2 atom stereocenters. The number of likely N-dealkylation sites (N-methyl/N-ethyl adjacent to an activating group) is 1. The van der Waals surface area contributed by atoms with E-state index in [1.807, 2.05) is 104 Å². The van der Waals surface area contributed by atoms with Crippen LogP contribution < -0.4 is 15.3 Å². The van der Waals surface area contributed by atoms with Crippen molar-refractivity contribution in [2.45, 2.75) is 32.9 Å². The number of benzene rings is 4. The Hall–Kier alpha value is -5.40. The summed E-state index contributed by atoms with van der Waals surface area (Å²) in [6, 6.07) is 32.2. The molecule has 3 aromatic heterocycles. The van der Waals surface area contributed by atoms with Gasteiger partial charge in [-0.05, 0) is 41.9 Å². The van der Waals surface area contributed by atoms with Gasteiger partial charge in [-0.1, -0.05) is 104 Å². The minimum Gasteiger partial charge on any atom is -0.382 e. The molecule has 8 bridgehead atoms. The third kappa shape index (κ3) is 8.10. The maximum Gasteiger partial charge on any atom is 2.00 e. The smallest absolute Gasteiger partial charge is 0.382 e. The van der Waals surface area contributed by atoms with Crippen LogP contribution in [0.1, 0.15) is 20.8 Å². The van der Waals surface area contributed by atoms with Gasteiger partial charge < -0.3 is 49.4 Å². The van der Waals surface area contributed by atoms with Crippen LogP contribution in [0.2, 0.25) is 0 Å². The summed E-state index contributed by atoms with van der Waals surface area (Å²) in [5.74, 6) is 2.21. The van der Waals surface area contributed by atoms with E-state index in [0.717, 1.165) is 57.0 Å². The van der Waals surface area contributed by atoms with Crippen LogP contribution in [-0.2, 0) is 31.3 Å². The molecule has 12 nitrogen and oxygen atoms in total. The van der Waals surface area contributed by atoms with Crippen molar-refractivity contribution in [1.29, 1.82) is 0 Å². The van der Waals surface area contributed by atoms with Crippen LogP contribution in [0.5, 0.6) is 0 Å². The number of fused-ring (bicyclic) bond motifs is 20. The second-order valence-electron chi connectivity index (χ2n) is 13.3. The van der Waals surface area contributed by atoms with Crippen LogP contribution in [0.15, 0.2) is 97.1 Å². The van der Waals surface area contributed by atoms with Gasteiger partial charge in [0.25, 0.3) is 0 Å². The van der Waals surface area contributed by atoms with Crippen molar-refractivity contribution in [3.8, 4) is 45.6 Å². The van der Waals surface area contributed by atoms with Gasteiger partial charge in [0, 0.05) is 58.0 Å². The Morgan fingerprint density at radius 1 is 0.536 bits per heavy atom. The molecule has 7 aromatic rings. The number of ether oxygens (including phenoxy) is 3. The molecular formula is C43H41CuN9O3. The largest absolute Gasteiger partial charge is 2.00 e. The summed E-state index contributed by atoms with van der Waals surface area (Å²) in [5, 5.41) is 6.86. The third-order valence-electron chi connectivity index (χ3n) is 9.30. The van der Waals surface area contributed by atoms with Gasteiger partial charge in [0.1, 0.15) is 0 Å². The minimum absolute atomic E-state index is 0. The molecule has 287 valence electrons. The van der Waals surface area contributed by atoms with Crippen LogP contribution in [0.3, 0.4) is 0 Å². The molecular weight excluding hydrogens is 754 g/mol. The fourth-order valence-corrected chi connectivity index (χ4v) is 6.61. The Morgan fingerprint density at radius 3 is 1.27 bits per heavy atom. The van der Waals surface area contributed by atoms with Gasteiger partial charge in [-0.3, -0.25) is 0 Å². The standard InChI is InChI=1S/C32H16N8.C11H25NO3.Cu/c1-2-10-18-17(9-1)25-33-26(18)38-28-21-13-5-6-14-22(21)30(35-28)40-32-24-16-8-7-15-23(24)31(36-32)39-29-20-12-4-3-11-19(20)27(34-29)37-25;1-5-12-10(2)8-15-11(3)9-14-7-6-13-4;/h1-16H;10-12H,5-9H2,1-4H3;/q-2;;+2. The molecule has 0 fully saturated rings. The SMILES string of the molecule is CCNC(C)COC(C)COCCOC.[Cu+2].c1ccc2c(c1)-c1nc-2nc2[n-]c(nc3nc(nc4[n-]c(n1)c1ccccc41)-c1ccccc1-3)c1ccccc21. The molecule has 1 radical (unpaired) electrons. The molecule has 56 heavy (non-hydrogen) atoms. The fraction of sp³-hybridized carbons (Fsp3) is 0.256. The van der Waals surface area contributed by atoms with Crippen LogP contribution in [0, 0.1) is 0 Å². The van der Waals surface area contributed by atoms with Crippen LogP contribution in [-0.4, -0.2) is 82.1 Å². The Balaban J connectivity index is 0.000000259. The first-order valence-corrected chi connectivity index (χ1v) is 18.5. The molecule has 0 saturated heterocycles. The van der Waals surface area contributed by atoms with Crippen molar-refractivity contribution < 1.29 is 31.3 Å². The molecule has 0 aliphatic carbocycles. The normalized spacial score (nSPS) is 12.6. The first-order chi connectivity index (χ1) is 27.0. The number of hydrogen-bond acceptors (Lipinski definition) is 10. The van der Waals surface area contributed by atoms with Gasteiger partial charge in [0.2, 0.25) is 0 Å². The number of aromatic nitrogens is 8. The zero-order valence-corrected chi connectivity index (χ0v) is 32.5. The van der Waals surface area contributed by atoms with E-state index in [0.29, 0.717) is 71.7 Å². The van der Waals surface area contributed by atoms with Crippen molar-refractivity contribution in [3.63, 3.8) is 0 Å². The molecule has 2 aliphatic heterocycles. The average Bonchev–Trinajstić information content (AvgIpc) is 3.95. The van der Waals surface area contributed by atoms with E-state index in [1.54, 1.807) is 7.11 Å². The summed E-state index contributed by atoms with van der Waals surface area (Å²) in [7, 11) is 1.67. The van der Waals surface area contributed by atoms with E-state index in [1.165, 1.54) is 0 Å². The number of methoxy groups -OCH3 is 1. The molecule has 1 N–H and O–H groups in total. The van der Waals surface area contributed by atoms with Crippen molar-refractivity contribution in [2.24, 2.45) is 0 Å².